The molecule has 0 saturated carbocycles. The monoisotopic (exact) mass is 219 g/mol. The smallest absolute Gasteiger partial charge is 0.329 e. The van der Waals surface area contributed by atoms with E-state index < -0.39 is 19.1 Å². The highest BCUT2D eigenvalue weighted by atomic mass is 31.2. The van der Waals surface area contributed by atoms with Gasteiger partial charge >= 0.3 is 7.60 Å². The Labute approximate surface area is 80.7 Å². The van der Waals surface area contributed by atoms with E-state index in [-0.39, 0.29) is 12.1 Å². The molecule has 0 aromatic heterocycles. The first-order valence-electron chi connectivity index (χ1n) is 3.96. The molecule has 4 nitrogen and oxygen atoms in total. The molecule has 0 fully saturated rings. The molecule has 0 amide bonds. The lowest BCUT2D eigenvalue weighted by Crippen LogP contribution is -2.12. The molecule has 1 aromatic carbocycles. The first-order valence-corrected chi connectivity index (χ1v) is 5.64. The van der Waals surface area contributed by atoms with Gasteiger partial charge in [0.15, 0.2) is 0 Å². The zero-order valence-electron chi connectivity index (χ0n) is 7.30. The summed E-state index contributed by atoms with van der Waals surface area (Å²) in [4.78, 5) is 17.9. The number of hydrogen-bond acceptors (Lipinski definition) is 2. The summed E-state index contributed by atoms with van der Waals surface area (Å²) in [5.74, 6) is -0.533. The SMILES string of the molecule is NCC(c1cccc(F)c1)P(=O)(O)O. The Kier molecular flexibility index (Phi) is 3.39. The lowest BCUT2D eigenvalue weighted by Gasteiger charge is -2.16. The zero-order chi connectivity index (χ0) is 10.8. The first kappa shape index (κ1) is 11.3. The Bertz CT molecular complexity index is 365. The minimum Gasteiger partial charge on any atom is -0.329 e. The first-order chi connectivity index (χ1) is 6.45. The summed E-state index contributed by atoms with van der Waals surface area (Å²) >= 11 is 0. The molecule has 0 spiro atoms. The number of rotatable bonds is 3. The van der Waals surface area contributed by atoms with E-state index in [2.05, 4.69) is 0 Å². The molecule has 1 unspecified atom stereocenters. The molecule has 0 heterocycles. The van der Waals surface area contributed by atoms with Crippen molar-refractivity contribution in [3.05, 3.63) is 35.6 Å². The summed E-state index contributed by atoms with van der Waals surface area (Å²) in [6.07, 6.45) is 0. The largest absolute Gasteiger partial charge is 0.334 e. The van der Waals surface area contributed by atoms with E-state index >= 15 is 0 Å². The Hall–Kier alpha value is -0.740. The highest BCUT2D eigenvalue weighted by molar-refractivity contribution is 7.52. The van der Waals surface area contributed by atoms with Gasteiger partial charge in [-0.15, -0.1) is 0 Å². The lowest BCUT2D eigenvalue weighted by molar-refractivity contribution is 0.359. The fraction of sp³-hybridized carbons (Fsp3) is 0.250. The van der Waals surface area contributed by atoms with Crippen LogP contribution in [0.25, 0.3) is 0 Å². The van der Waals surface area contributed by atoms with E-state index in [1.54, 1.807) is 0 Å². The van der Waals surface area contributed by atoms with Crippen LogP contribution >= 0.6 is 7.60 Å². The van der Waals surface area contributed by atoms with Crippen molar-refractivity contribution < 1.29 is 18.7 Å². The van der Waals surface area contributed by atoms with Crippen LogP contribution in [0.4, 0.5) is 4.39 Å². The molecular weight excluding hydrogens is 208 g/mol. The van der Waals surface area contributed by atoms with Crippen LogP contribution < -0.4 is 5.73 Å². The number of halogens is 1. The Morgan fingerprint density at radius 3 is 2.57 bits per heavy atom. The molecule has 1 aromatic rings. The fourth-order valence-electron chi connectivity index (χ4n) is 1.18. The molecular formula is C8H11FNO3P. The van der Waals surface area contributed by atoms with Gasteiger partial charge in [-0.3, -0.25) is 4.57 Å². The average Bonchev–Trinajstić information content (AvgIpc) is 2.02. The molecule has 6 heteroatoms. The van der Waals surface area contributed by atoms with Crippen LogP contribution in [0, 0.1) is 5.82 Å². The quantitative estimate of drug-likeness (QED) is 0.662. The third-order valence-corrected chi connectivity index (χ3v) is 3.18. The van der Waals surface area contributed by atoms with Crippen molar-refractivity contribution in [2.45, 2.75) is 5.66 Å². The molecule has 1 rings (SSSR count). The zero-order valence-corrected chi connectivity index (χ0v) is 8.19. The van der Waals surface area contributed by atoms with E-state index in [9.17, 15) is 8.96 Å². The Balaban J connectivity index is 3.08. The van der Waals surface area contributed by atoms with E-state index in [4.69, 9.17) is 15.5 Å². The summed E-state index contributed by atoms with van der Waals surface area (Å²) in [7, 11) is -4.31. The minimum absolute atomic E-state index is 0.215. The van der Waals surface area contributed by atoms with Gasteiger partial charge in [0, 0.05) is 6.54 Å². The number of benzene rings is 1. The van der Waals surface area contributed by atoms with Crippen LogP contribution in [-0.2, 0) is 4.57 Å². The highest BCUT2D eigenvalue weighted by Crippen LogP contribution is 2.50. The van der Waals surface area contributed by atoms with Gasteiger partial charge in [0.25, 0.3) is 0 Å². The van der Waals surface area contributed by atoms with Gasteiger partial charge in [0.05, 0.1) is 5.66 Å². The maximum atomic E-state index is 12.8. The number of nitrogens with two attached hydrogens (primary N) is 1. The van der Waals surface area contributed by atoms with E-state index in [1.165, 1.54) is 18.2 Å². The Morgan fingerprint density at radius 1 is 1.50 bits per heavy atom. The highest BCUT2D eigenvalue weighted by Gasteiger charge is 2.28. The number of hydrogen-bond donors (Lipinski definition) is 3. The maximum absolute atomic E-state index is 12.8. The minimum atomic E-state index is -4.31. The topological polar surface area (TPSA) is 83.6 Å². The van der Waals surface area contributed by atoms with Crippen molar-refractivity contribution in [2.24, 2.45) is 5.73 Å². The van der Waals surface area contributed by atoms with E-state index in [0.717, 1.165) is 6.07 Å². The second-order valence-electron chi connectivity index (χ2n) is 2.90. The van der Waals surface area contributed by atoms with Crippen LogP contribution in [0.1, 0.15) is 11.2 Å². The normalized spacial score (nSPS) is 14.0. The predicted molar refractivity (Wildman–Crippen MR) is 50.2 cm³/mol. The van der Waals surface area contributed by atoms with Gasteiger partial charge in [-0.25, -0.2) is 4.39 Å². The van der Waals surface area contributed by atoms with Gasteiger partial charge < -0.3 is 15.5 Å². The second kappa shape index (κ2) is 4.19. The van der Waals surface area contributed by atoms with Crippen LogP contribution in [0.2, 0.25) is 0 Å². The Morgan fingerprint density at radius 2 is 2.14 bits per heavy atom. The van der Waals surface area contributed by atoms with Crippen LogP contribution in [0.3, 0.4) is 0 Å². The molecule has 0 aliphatic carbocycles. The van der Waals surface area contributed by atoms with Crippen molar-refractivity contribution in [3.63, 3.8) is 0 Å². The van der Waals surface area contributed by atoms with Crippen molar-refractivity contribution in [1.29, 1.82) is 0 Å². The standard InChI is InChI=1S/C8H11FNO3P/c9-7-3-1-2-6(4-7)8(5-10)14(11,12)13/h1-4,8H,5,10H2,(H2,11,12,13). The predicted octanol–water partition coefficient (Wildman–Crippen LogP) is 1.00. The van der Waals surface area contributed by atoms with E-state index in [1.807, 2.05) is 0 Å². The molecule has 4 N–H and O–H groups in total. The van der Waals surface area contributed by atoms with Gasteiger partial charge in [-0.2, -0.15) is 0 Å². The average molecular weight is 219 g/mol. The summed E-state index contributed by atoms with van der Waals surface area (Å²) in [5.41, 5.74) is 4.32. The van der Waals surface area contributed by atoms with Gasteiger partial charge in [0.1, 0.15) is 5.82 Å². The van der Waals surface area contributed by atoms with Gasteiger partial charge in [-0.1, -0.05) is 12.1 Å². The molecule has 0 saturated heterocycles. The molecule has 0 aliphatic rings. The second-order valence-corrected chi connectivity index (χ2v) is 4.70. The van der Waals surface area contributed by atoms with Crippen molar-refractivity contribution in [1.82, 2.24) is 0 Å². The van der Waals surface area contributed by atoms with Crippen LogP contribution in [-0.4, -0.2) is 16.3 Å². The van der Waals surface area contributed by atoms with Crippen molar-refractivity contribution in [2.75, 3.05) is 6.54 Å². The summed E-state index contributed by atoms with van der Waals surface area (Å²) in [6, 6.07) is 5.12. The molecule has 0 aliphatic heterocycles. The molecule has 1 atom stereocenters. The fourth-order valence-corrected chi connectivity index (χ4v) is 2.01. The molecule has 78 valence electrons. The summed E-state index contributed by atoms with van der Waals surface area (Å²) in [6.45, 7) is -0.215. The molecule has 14 heavy (non-hydrogen) atoms. The van der Waals surface area contributed by atoms with E-state index in [0.29, 0.717) is 0 Å². The summed E-state index contributed by atoms with van der Waals surface area (Å²) < 4.78 is 23.7. The maximum Gasteiger partial charge on any atom is 0.334 e. The van der Waals surface area contributed by atoms with Crippen LogP contribution in [0.15, 0.2) is 24.3 Å². The third-order valence-electron chi connectivity index (χ3n) is 1.86. The lowest BCUT2D eigenvalue weighted by atomic mass is 10.1. The summed E-state index contributed by atoms with van der Waals surface area (Å²) in [5, 5.41) is 0. The van der Waals surface area contributed by atoms with Crippen molar-refractivity contribution >= 4 is 7.60 Å². The van der Waals surface area contributed by atoms with Crippen molar-refractivity contribution in [3.8, 4) is 0 Å². The van der Waals surface area contributed by atoms with Gasteiger partial charge in [0.2, 0.25) is 0 Å². The van der Waals surface area contributed by atoms with Crippen LogP contribution in [0.5, 0.6) is 0 Å². The molecule has 0 radical (unpaired) electrons. The molecule has 0 bridgehead atoms. The third kappa shape index (κ3) is 2.62. The van der Waals surface area contributed by atoms with Gasteiger partial charge in [-0.05, 0) is 17.7 Å².